The van der Waals surface area contributed by atoms with Crippen molar-refractivity contribution in [2.24, 2.45) is 4.99 Å². The van der Waals surface area contributed by atoms with Crippen molar-refractivity contribution < 1.29 is 13.2 Å². The summed E-state index contributed by atoms with van der Waals surface area (Å²) in [4.78, 5) is 10.2. The second-order valence-electron chi connectivity index (χ2n) is 7.30. The van der Waals surface area contributed by atoms with Gasteiger partial charge in [0.1, 0.15) is 0 Å². The second-order valence-corrected chi connectivity index (χ2v) is 8.16. The highest BCUT2D eigenvalue weighted by Gasteiger charge is 2.34. The van der Waals surface area contributed by atoms with Crippen molar-refractivity contribution in [3.05, 3.63) is 16.1 Å². The number of halogens is 4. The zero-order valence-electron chi connectivity index (χ0n) is 15.5. The molecule has 0 saturated carbocycles. The van der Waals surface area contributed by atoms with Crippen LogP contribution in [0.5, 0.6) is 0 Å². The number of alkyl halides is 3. The fourth-order valence-corrected chi connectivity index (χ4v) is 3.55. The molecule has 0 spiro atoms. The zero-order valence-corrected chi connectivity index (χ0v) is 18.6. The van der Waals surface area contributed by atoms with Crippen LogP contribution >= 0.6 is 35.3 Å². The largest absolute Gasteiger partial charge is 0.401 e. The van der Waals surface area contributed by atoms with Crippen LogP contribution in [0.1, 0.15) is 37.9 Å². The number of rotatable bonds is 4. The molecule has 1 aliphatic rings. The molecule has 1 saturated heterocycles. The molecule has 2 rings (SSSR count). The number of aliphatic imine (C=N–C) groups is 1. The van der Waals surface area contributed by atoms with Gasteiger partial charge in [0.15, 0.2) is 5.96 Å². The summed E-state index contributed by atoms with van der Waals surface area (Å²) in [6, 6.07) is -0.0332. The maximum absolute atomic E-state index is 12.5. The van der Waals surface area contributed by atoms with Crippen molar-refractivity contribution in [2.75, 3.05) is 26.7 Å². The minimum absolute atomic E-state index is 0. The Labute approximate surface area is 173 Å². The van der Waals surface area contributed by atoms with Crippen LogP contribution in [-0.4, -0.2) is 54.7 Å². The first-order chi connectivity index (χ1) is 11.6. The molecule has 10 heteroatoms. The highest BCUT2D eigenvalue weighted by Crippen LogP contribution is 2.25. The van der Waals surface area contributed by atoms with Gasteiger partial charge in [-0.3, -0.25) is 9.89 Å². The lowest BCUT2D eigenvalue weighted by Crippen LogP contribution is -2.45. The van der Waals surface area contributed by atoms with E-state index in [1.54, 1.807) is 18.4 Å². The molecule has 0 aromatic carbocycles. The van der Waals surface area contributed by atoms with Gasteiger partial charge in [0.2, 0.25) is 0 Å². The van der Waals surface area contributed by atoms with E-state index in [9.17, 15) is 13.2 Å². The maximum Gasteiger partial charge on any atom is 0.401 e. The molecule has 0 radical (unpaired) electrons. The lowest BCUT2D eigenvalue weighted by atomic mass is 9.98. The smallest absolute Gasteiger partial charge is 0.352 e. The monoisotopic (exact) mass is 505 g/mol. The van der Waals surface area contributed by atoms with Gasteiger partial charge in [0, 0.05) is 37.0 Å². The molecule has 2 N–H and O–H groups in total. The van der Waals surface area contributed by atoms with Crippen LogP contribution in [0, 0.1) is 0 Å². The standard InChI is InChI=1S/C16H26F3N5S.HI/c1-15(2,3)13-22-12(9-25-13)7-21-14(20-4)23-11-5-6-24(8-11)10-16(17,18)19;/h9,11H,5-8,10H2,1-4H3,(H2,20,21,23);1H. The third kappa shape index (κ3) is 7.55. The van der Waals surface area contributed by atoms with E-state index in [0.29, 0.717) is 32.0 Å². The minimum Gasteiger partial charge on any atom is -0.352 e. The first-order valence-electron chi connectivity index (χ1n) is 8.28. The van der Waals surface area contributed by atoms with Crippen LogP contribution < -0.4 is 10.6 Å². The fraction of sp³-hybridized carbons (Fsp3) is 0.750. The summed E-state index contributed by atoms with van der Waals surface area (Å²) in [6.07, 6.45) is -3.48. The Morgan fingerprint density at radius 2 is 2.08 bits per heavy atom. The summed E-state index contributed by atoms with van der Waals surface area (Å²) in [5, 5.41) is 9.47. The molecule has 0 amide bonds. The third-order valence-corrected chi connectivity index (χ3v) is 5.19. The molecule has 1 fully saturated rings. The van der Waals surface area contributed by atoms with E-state index < -0.39 is 12.7 Å². The lowest BCUT2D eigenvalue weighted by molar-refractivity contribution is -0.143. The minimum atomic E-state index is -4.15. The van der Waals surface area contributed by atoms with E-state index in [2.05, 4.69) is 41.4 Å². The SMILES string of the molecule is CN=C(NCc1csc(C(C)(C)C)n1)NC1CCN(CC(F)(F)F)C1.I. The predicted molar refractivity (Wildman–Crippen MR) is 110 cm³/mol. The van der Waals surface area contributed by atoms with Gasteiger partial charge in [-0.25, -0.2) is 4.98 Å². The fourth-order valence-electron chi connectivity index (χ4n) is 2.64. The van der Waals surface area contributed by atoms with Crippen LogP contribution in [0.25, 0.3) is 0 Å². The summed E-state index contributed by atoms with van der Waals surface area (Å²) >= 11 is 1.63. The number of thiazole rings is 1. The van der Waals surface area contributed by atoms with E-state index in [0.717, 1.165) is 10.7 Å². The topological polar surface area (TPSA) is 52.6 Å². The van der Waals surface area contributed by atoms with Crippen LogP contribution in [0.3, 0.4) is 0 Å². The predicted octanol–water partition coefficient (Wildman–Crippen LogP) is 3.36. The Kier molecular flexibility index (Phi) is 8.59. The van der Waals surface area contributed by atoms with Gasteiger partial charge < -0.3 is 10.6 Å². The van der Waals surface area contributed by atoms with Gasteiger partial charge in [-0.1, -0.05) is 20.8 Å². The van der Waals surface area contributed by atoms with Crippen molar-refractivity contribution in [3.63, 3.8) is 0 Å². The Hall–Kier alpha value is -0.620. The summed E-state index contributed by atoms with van der Waals surface area (Å²) in [5.74, 6) is 0.587. The Balaban J connectivity index is 0.00000338. The summed E-state index contributed by atoms with van der Waals surface area (Å²) in [7, 11) is 1.65. The molecule has 0 aliphatic carbocycles. The third-order valence-electron chi connectivity index (χ3n) is 3.87. The van der Waals surface area contributed by atoms with Crippen molar-refractivity contribution in [1.82, 2.24) is 20.5 Å². The van der Waals surface area contributed by atoms with E-state index in [-0.39, 0.29) is 35.4 Å². The highest BCUT2D eigenvalue weighted by atomic mass is 127. The van der Waals surface area contributed by atoms with Crippen molar-refractivity contribution >= 4 is 41.3 Å². The molecule has 5 nitrogen and oxygen atoms in total. The van der Waals surface area contributed by atoms with Crippen molar-refractivity contribution in [1.29, 1.82) is 0 Å². The Morgan fingerprint density at radius 3 is 2.62 bits per heavy atom. The lowest BCUT2D eigenvalue weighted by Gasteiger charge is -2.19. The highest BCUT2D eigenvalue weighted by molar-refractivity contribution is 14.0. The Morgan fingerprint density at radius 1 is 1.38 bits per heavy atom. The summed E-state index contributed by atoms with van der Waals surface area (Å²) < 4.78 is 37.4. The van der Waals surface area contributed by atoms with Gasteiger partial charge in [-0.15, -0.1) is 35.3 Å². The van der Waals surface area contributed by atoms with Gasteiger partial charge in [-0.05, 0) is 6.42 Å². The first-order valence-corrected chi connectivity index (χ1v) is 9.16. The van der Waals surface area contributed by atoms with Crippen LogP contribution in [0.15, 0.2) is 10.4 Å². The zero-order chi connectivity index (χ0) is 18.7. The molecule has 1 unspecified atom stereocenters. The molecule has 1 aromatic rings. The number of nitrogens with zero attached hydrogens (tertiary/aromatic N) is 3. The van der Waals surface area contributed by atoms with E-state index in [1.165, 1.54) is 4.90 Å². The molecule has 1 atom stereocenters. The number of hydrogen-bond donors (Lipinski definition) is 2. The molecule has 150 valence electrons. The average molecular weight is 505 g/mol. The molecular formula is C16H27F3IN5S. The van der Waals surface area contributed by atoms with Crippen molar-refractivity contribution in [3.8, 4) is 0 Å². The van der Waals surface area contributed by atoms with E-state index >= 15 is 0 Å². The van der Waals surface area contributed by atoms with Crippen LogP contribution in [0.2, 0.25) is 0 Å². The molecule has 0 bridgehead atoms. The molecular weight excluding hydrogens is 478 g/mol. The first kappa shape index (κ1) is 23.4. The van der Waals surface area contributed by atoms with Gasteiger partial charge in [0.25, 0.3) is 0 Å². The van der Waals surface area contributed by atoms with Crippen molar-refractivity contribution in [2.45, 2.75) is 51.4 Å². The van der Waals surface area contributed by atoms with Gasteiger partial charge in [0.05, 0.1) is 23.8 Å². The molecule has 26 heavy (non-hydrogen) atoms. The van der Waals surface area contributed by atoms with Gasteiger partial charge >= 0.3 is 6.18 Å². The number of nitrogens with one attached hydrogen (secondary N) is 2. The molecule has 1 aromatic heterocycles. The number of likely N-dealkylation sites (tertiary alicyclic amines) is 1. The van der Waals surface area contributed by atoms with Crippen LogP contribution in [0.4, 0.5) is 13.2 Å². The average Bonchev–Trinajstić information content (AvgIpc) is 3.10. The number of guanidine groups is 1. The number of hydrogen-bond acceptors (Lipinski definition) is 4. The Bertz CT molecular complexity index is 597. The summed E-state index contributed by atoms with van der Waals surface area (Å²) in [6.45, 7) is 6.85. The number of aromatic nitrogens is 1. The molecule has 2 heterocycles. The quantitative estimate of drug-likeness (QED) is 0.375. The summed E-state index contributed by atoms with van der Waals surface area (Å²) in [5.41, 5.74) is 0.956. The molecule has 1 aliphatic heterocycles. The van der Waals surface area contributed by atoms with Crippen LogP contribution in [-0.2, 0) is 12.0 Å². The van der Waals surface area contributed by atoms with E-state index in [4.69, 9.17) is 0 Å². The van der Waals surface area contributed by atoms with Gasteiger partial charge in [-0.2, -0.15) is 13.2 Å². The normalized spacial score (nSPS) is 19.3. The van der Waals surface area contributed by atoms with E-state index in [1.807, 2.05) is 5.38 Å². The maximum atomic E-state index is 12.5. The second kappa shape index (κ2) is 9.54.